The number of aromatic nitrogens is 1. The lowest BCUT2D eigenvalue weighted by Gasteiger charge is -2.33. The number of alkyl halides is 3. The van der Waals surface area contributed by atoms with Gasteiger partial charge in [-0.25, -0.2) is 8.42 Å². The van der Waals surface area contributed by atoms with E-state index in [0.717, 1.165) is 17.8 Å². The average Bonchev–Trinajstić information content (AvgIpc) is 3.65. The molecular formula is C30H29F3N4O5S. The number of benzene rings is 2. The second-order valence-electron chi connectivity index (χ2n) is 10.7. The van der Waals surface area contributed by atoms with E-state index in [0.29, 0.717) is 49.1 Å². The molecule has 6 rings (SSSR count). The van der Waals surface area contributed by atoms with Gasteiger partial charge < -0.3 is 19.4 Å². The first-order chi connectivity index (χ1) is 20.6. The molecule has 0 saturated carbocycles. The molecular weight excluding hydrogens is 585 g/mol. The minimum Gasteiger partial charge on any atom is -0.490 e. The van der Waals surface area contributed by atoms with Crippen LogP contribution < -0.4 is 15.0 Å². The van der Waals surface area contributed by atoms with Crippen molar-refractivity contribution in [1.29, 1.82) is 0 Å². The van der Waals surface area contributed by atoms with Crippen LogP contribution >= 0.6 is 0 Å². The second kappa shape index (κ2) is 11.5. The van der Waals surface area contributed by atoms with Gasteiger partial charge in [0, 0.05) is 68.5 Å². The summed E-state index contributed by atoms with van der Waals surface area (Å²) in [5.74, 6) is 0.311. The van der Waals surface area contributed by atoms with E-state index in [1.54, 1.807) is 30.3 Å². The zero-order chi connectivity index (χ0) is 30.2. The number of nitrogens with zero attached hydrogens (tertiary/aromatic N) is 3. The molecule has 226 valence electrons. The quantitative estimate of drug-likeness (QED) is 0.309. The Hall–Kier alpha value is -4.10. The number of ether oxygens (including phenoxy) is 1. The topological polar surface area (TPSA) is 105 Å². The molecule has 1 atom stereocenters. The fourth-order valence-corrected chi connectivity index (χ4v) is 6.93. The lowest BCUT2D eigenvalue weighted by Crippen LogP contribution is -2.38. The average molecular weight is 615 g/mol. The summed E-state index contributed by atoms with van der Waals surface area (Å²) in [7, 11) is -3.69. The number of sulfonamides is 1. The van der Waals surface area contributed by atoms with Crippen molar-refractivity contribution in [3.63, 3.8) is 0 Å². The molecule has 2 aliphatic heterocycles. The van der Waals surface area contributed by atoms with Gasteiger partial charge in [0.25, 0.3) is 5.91 Å². The Morgan fingerprint density at radius 2 is 1.77 bits per heavy atom. The summed E-state index contributed by atoms with van der Waals surface area (Å²) in [6.45, 7) is 1.73. The fraction of sp³-hybridized carbons (Fsp3) is 0.333. The van der Waals surface area contributed by atoms with Gasteiger partial charge in [0.05, 0.1) is 5.56 Å². The molecule has 1 N–H and O–H groups in total. The Bertz CT molecular complexity index is 1700. The maximum absolute atomic E-state index is 12.9. The minimum atomic E-state index is -4.36. The Kier molecular flexibility index (Phi) is 7.77. The third-order valence-corrected chi connectivity index (χ3v) is 9.62. The van der Waals surface area contributed by atoms with Crippen molar-refractivity contribution in [2.24, 2.45) is 0 Å². The van der Waals surface area contributed by atoms with Crippen LogP contribution in [0, 0.1) is 0 Å². The number of halogens is 3. The van der Waals surface area contributed by atoms with Crippen molar-refractivity contribution >= 4 is 32.6 Å². The maximum Gasteiger partial charge on any atom is 0.416 e. The molecule has 0 spiro atoms. The molecule has 2 saturated heterocycles. The number of pyridine rings is 1. The highest BCUT2D eigenvalue weighted by Gasteiger charge is 2.34. The van der Waals surface area contributed by atoms with Crippen LogP contribution in [0.4, 0.5) is 18.9 Å². The number of carbonyl (C=O) groups excluding carboxylic acids is 1. The number of hydrogen-bond acceptors (Lipinski definition) is 7. The largest absolute Gasteiger partial charge is 0.490 e. The molecule has 43 heavy (non-hydrogen) atoms. The number of carbonyl (C=O) groups is 1. The molecule has 2 aliphatic rings. The van der Waals surface area contributed by atoms with E-state index in [-0.39, 0.29) is 35.9 Å². The van der Waals surface area contributed by atoms with Crippen molar-refractivity contribution in [1.82, 2.24) is 14.6 Å². The zero-order valence-electron chi connectivity index (χ0n) is 23.0. The van der Waals surface area contributed by atoms with E-state index in [1.807, 2.05) is 4.90 Å². The van der Waals surface area contributed by atoms with Crippen LogP contribution in [0.2, 0.25) is 0 Å². The van der Waals surface area contributed by atoms with Gasteiger partial charge in [-0.15, -0.1) is 0 Å². The number of nitrogens with one attached hydrogen (secondary N) is 1. The summed E-state index contributed by atoms with van der Waals surface area (Å²) in [5, 5.41) is 3.56. The summed E-state index contributed by atoms with van der Waals surface area (Å²) >= 11 is 0. The van der Waals surface area contributed by atoms with Crippen molar-refractivity contribution in [3.8, 4) is 5.75 Å². The zero-order valence-corrected chi connectivity index (χ0v) is 23.8. The molecule has 2 aromatic carbocycles. The molecule has 1 amide bonds. The Balaban J connectivity index is 1.03. The van der Waals surface area contributed by atoms with E-state index >= 15 is 0 Å². The van der Waals surface area contributed by atoms with Gasteiger partial charge in [-0.05, 0) is 67.1 Å². The number of fused-ring (bicyclic) bond motifs is 1. The number of rotatable bonds is 7. The first-order valence-electron chi connectivity index (χ1n) is 13.9. The van der Waals surface area contributed by atoms with Gasteiger partial charge in [0.2, 0.25) is 10.0 Å². The highest BCUT2D eigenvalue weighted by atomic mass is 32.2. The smallest absolute Gasteiger partial charge is 0.416 e. The SMILES string of the molecule is O=C(NC1CCN(S(=O)(=O)c2cccnc2)C1)c1cc2cc(OC3CCN(c4ccc(C(F)(F)F)cc4)CC3)ccc2o1. The molecule has 2 fully saturated rings. The standard InChI is InChI=1S/C30H29F3N4O5S/c31-30(32,33)21-3-5-23(6-4-21)36-13-10-24(11-14-36)41-25-7-8-27-20(16-25)17-28(42-27)29(38)35-22-9-15-37(19-22)43(39,40)26-2-1-12-34-18-26/h1-8,12,16-18,22,24H,9-11,13-15,19H2,(H,35,38). The molecule has 9 nitrogen and oxygen atoms in total. The van der Waals surface area contributed by atoms with Crippen LogP contribution in [0.3, 0.4) is 0 Å². The van der Waals surface area contributed by atoms with Crippen molar-refractivity contribution in [2.45, 2.75) is 42.5 Å². The van der Waals surface area contributed by atoms with Crippen molar-refractivity contribution in [3.05, 3.63) is 84.4 Å². The molecule has 0 aliphatic carbocycles. The molecule has 4 heterocycles. The van der Waals surface area contributed by atoms with Gasteiger partial charge in [-0.2, -0.15) is 17.5 Å². The molecule has 13 heteroatoms. The van der Waals surface area contributed by atoms with Gasteiger partial charge in [-0.3, -0.25) is 9.78 Å². The minimum absolute atomic E-state index is 0.0638. The van der Waals surface area contributed by atoms with Crippen LogP contribution in [0.1, 0.15) is 35.4 Å². The summed E-state index contributed by atoms with van der Waals surface area (Å²) in [4.78, 5) is 19.0. The number of hydrogen-bond donors (Lipinski definition) is 1. The van der Waals surface area contributed by atoms with Crippen LogP contribution in [0.25, 0.3) is 11.0 Å². The molecule has 1 unspecified atom stereocenters. The predicted octanol–water partition coefficient (Wildman–Crippen LogP) is 5.09. The number of piperidine rings is 1. The lowest BCUT2D eigenvalue weighted by molar-refractivity contribution is -0.137. The lowest BCUT2D eigenvalue weighted by atomic mass is 10.1. The molecule has 0 bridgehead atoms. The summed E-state index contributed by atoms with van der Waals surface area (Å²) in [6, 6.07) is 14.8. The Labute approximate surface area is 246 Å². The first kappa shape index (κ1) is 29.0. The van der Waals surface area contributed by atoms with Crippen molar-refractivity contribution < 1.29 is 35.5 Å². The predicted molar refractivity (Wildman–Crippen MR) is 152 cm³/mol. The summed E-state index contributed by atoms with van der Waals surface area (Å²) in [5.41, 5.74) is 0.599. The normalized spacial score (nSPS) is 18.7. The van der Waals surface area contributed by atoms with Crippen LogP contribution in [-0.2, 0) is 16.2 Å². The third kappa shape index (κ3) is 6.32. The van der Waals surface area contributed by atoms with E-state index in [2.05, 4.69) is 10.3 Å². The van der Waals surface area contributed by atoms with Gasteiger partial charge in [0.15, 0.2) is 5.76 Å². The summed E-state index contributed by atoms with van der Waals surface area (Å²) in [6.07, 6.45) is 0.268. The number of furan rings is 1. The Morgan fingerprint density at radius 3 is 2.47 bits per heavy atom. The van der Waals surface area contributed by atoms with E-state index in [1.165, 1.54) is 34.9 Å². The Morgan fingerprint density at radius 1 is 1.00 bits per heavy atom. The molecule has 0 radical (unpaired) electrons. The number of anilines is 1. The number of amides is 1. The highest BCUT2D eigenvalue weighted by Crippen LogP contribution is 2.32. The van der Waals surface area contributed by atoms with E-state index in [9.17, 15) is 26.4 Å². The maximum atomic E-state index is 12.9. The highest BCUT2D eigenvalue weighted by molar-refractivity contribution is 7.89. The van der Waals surface area contributed by atoms with Crippen LogP contribution in [-0.4, -0.2) is 61.9 Å². The monoisotopic (exact) mass is 614 g/mol. The third-order valence-electron chi connectivity index (χ3n) is 7.77. The second-order valence-corrected chi connectivity index (χ2v) is 12.6. The van der Waals surface area contributed by atoms with Crippen molar-refractivity contribution in [2.75, 3.05) is 31.1 Å². The first-order valence-corrected chi connectivity index (χ1v) is 15.3. The van der Waals surface area contributed by atoms with Crippen LogP contribution in [0.5, 0.6) is 5.75 Å². The summed E-state index contributed by atoms with van der Waals surface area (Å²) < 4.78 is 77.6. The van der Waals surface area contributed by atoms with Gasteiger partial charge in [-0.1, -0.05) is 0 Å². The van der Waals surface area contributed by atoms with E-state index < -0.39 is 27.7 Å². The molecule has 4 aromatic rings. The van der Waals surface area contributed by atoms with E-state index in [4.69, 9.17) is 9.15 Å². The van der Waals surface area contributed by atoms with Gasteiger partial charge in [0.1, 0.15) is 22.3 Å². The van der Waals surface area contributed by atoms with Gasteiger partial charge >= 0.3 is 6.18 Å². The van der Waals surface area contributed by atoms with Crippen LogP contribution in [0.15, 0.2) is 82.4 Å². The molecule has 2 aromatic heterocycles. The fourth-order valence-electron chi connectivity index (χ4n) is 5.46.